The minimum Gasteiger partial charge on any atom is -0.494 e. The fraction of sp³-hybridized carbons (Fsp3) is 0.143. The van der Waals surface area contributed by atoms with Gasteiger partial charge in [-0.25, -0.2) is 5.43 Å². The first-order valence-electron chi connectivity index (χ1n) is 8.98. The molecule has 3 rings (SSSR count). The molecule has 0 saturated heterocycles. The van der Waals surface area contributed by atoms with Crippen LogP contribution in [0.25, 0.3) is 11.3 Å². The maximum atomic E-state index is 12.1. The van der Waals surface area contributed by atoms with Crippen LogP contribution in [0.1, 0.15) is 29.5 Å². The number of amides is 1. The third kappa shape index (κ3) is 5.07. The third-order valence-corrected chi connectivity index (χ3v) is 3.94. The minimum absolute atomic E-state index is 0.0509. The second-order valence-corrected chi connectivity index (χ2v) is 6.05. The molecule has 8 heteroatoms. The number of hydrazone groups is 1. The second kappa shape index (κ2) is 9.32. The predicted molar refractivity (Wildman–Crippen MR) is 108 cm³/mol. The molecule has 1 N–H and O–H groups in total. The van der Waals surface area contributed by atoms with Crippen LogP contribution in [-0.2, 0) is 0 Å². The summed E-state index contributed by atoms with van der Waals surface area (Å²) in [6.07, 6.45) is 2.23. The summed E-state index contributed by atoms with van der Waals surface area (Å²) in [6.45, 7) is 2.63. The van der Waals surface area contributed by atoms with Gasteiger partial charge < -0.3 is 9.15 Å². The molecule has 0 atom stereocenters. The number of benzene rings is 2. The number of para-hydroxylation sites is 1. The zero-order valence-corrected chi connectivity index (χ0v) is 15.7. The fourth-order valence-electron chi connectivity index (χ4n) is 2.55. The number of hydrogen-bond acceptors (Lipinski definition) is 6. The SMILES string of the molecule is CCCOc1ccc(C(=O)N/N=C/c2ccc(-c3ccccc3[N+](=O)[O-])o2)cc1. The maximum absolute atomic E-state index is 12.1. The standard InChI is InChI=1S/C21H19N3O5/c1-2-13-28-16-9-7-15(8-10-16)21(25)23-22-14-17-11-12-20(29-17)18-5-3-4-6-19(18)24(26)27/h3-12,14H,2,13H2,1H3,(H,23,25)/b22-14+. The molecule has 1 amide bonds. The Morgan fingerprint density at radius 1 is 1.17 bits per heavy atom. The third-order valence-electron chi connectivity index (χ3n) is 3.94. The van der Waals surface area contributed by atoms with Crippen LogP contribution in [0, 0.1) is 10.1 Å². The summed E-state index contributed by atoms with van der Waals surface area (Å²) < 4.78 is 11.1. The highest BCUT2D eigenvalue weighted by molar-refractivity contribution is 5.94. The predicted octanol–water partition coefficient (Wildman–Crippen LogP) is 4.41. The molecule has 3 aromatic rings. The average Bonchev–Trinajstić information content (AvgIpc) is 3.21. The summed E-state index contributed by atoms with van der Waals surface area (Å²) in [5.74, 6) is 1.01. The van der Waals surface area contributed by atoms with Gasteiger partial charge in [-0.3, -0.25) is 14.9 Å². The van der Waals surface area contributed by atoms with Gasteiger partial charge >= 0.3 is 0 Å². The van der Waals surface area contributed by atoms with E-state index in [0.29, 0.717) is 35.0 Å². The fourth-order valence-corrected chi connectivity index (χ4v) is 2.55. The largest absolute Gasteiger partial charge is 0.494 e. The van der Waals surface area contributed by atoms with E-state index in [2.05, 4.69) is 10.5 Å². The Balaban J connectivity index is 1.63. The number of nitrogens with one attached hydrogen (secondary N) is 1. The molecular weight excluding hydrogens is 374 g/mol. The van der Waals surface area contributed by atoms with Crippen molar-refractivity contribution in [3.63, 3.8) is 0 Å². The van der Waals surface area contributed by atoms with E-state index < -0.39 is 4.92 Å². The van der Waals surface area contributed by atoms with Crippen LogP contribution in [-0.4, -0.2) is 23.7 Å². The molecule has 0 spiro atoms. The van der Waals surface area contributed by atoms with Crippen LogP contribution in [0.15, 0.2) is 70.2 Å². The highest BCUT2D eigenvalue weighted by atomic mass is 16.6. The van der Waals surface area contributed by atoms with Gasteiger partial charge in [0.1, 0.15) is 17.3 Å². The van der Waals surface area contributed by atoms with Gasteiger partial charge in [0.2, 0.25) is 0 Å². The first-order valence-corrected chi connectivity index (χ1v) is 8.98. The molecule has 0 fully saturated rings. The molecule has 0 aliphatic carbocycles. The van der Waals surface area contributed by atoms with Gasteiger partial charge in [0, 0.05) is 11.6 Å². The highest BCUT2D eigenvalue weighted by Crippen LogP contribution is 2.30. The van der Waals surface area contributed by atoms with Crippen LogP contribution in [0.3, 0.4) is 0 Å². The van der Waals surface area contributed by atoms with Crippen molar-refractivity contribution >= 4 is 17.8 Å². The van der Waals surface area contributed by atoms with Gasteiger partial charge in [0.05, 0.1) is 23.3 Å². The molecule has 1 aromatic heterocycles. The van der Waals surface area contributed by atoms with Gasteiger partial charge in [-0.2, -0.15) is 5.10 Å². The minimum atomic E-state index is -0.468. The summed E-state index contributed by atoms with van der Waals surface area (Å²) >= 11 is 0. The average molecular weight is 393 g/mol. The summed E-state index contributed by atoms with van der Waals surface area (Å²) in [5.41, 5.74) is 3.16. The van der Waals surface area contributed by atoms with Crippen molar-refractivity contribution in [3.8, 4) is 17.1 Å². The van der Waals surface area contributed by atoms with Crippen molar-refractivity contribution in [2.24, 2.45) is 5.10 Å². The van der Waals surface area contributed by atoms with Crippen molar-refractivity contribution in [2.75, 3.05) is 6.61 Å². The lowest BCUT2D eigenvalue weighted by molar-refractivity contribution is -0.384. The molecule has 8 nitrogen and oxygen atoms in total. The zero-order chi connectivity index (χ0) is 20.6. The summed E-state index contributed by atoms with van der Waals surface area (Å²) in [4.78, 5) is 22.8. The van der Waals surface area contributed by atoms with Crippen LogP contribution in [0.4, 0.5) is 5.69 Å². The molecule has 0 aliphatic heterocycles. The Hall–Kier alpha value is -3.94. The number of hydrogen-bond donors (Lipinski definition) is 1. The Bertz CT molecular complexity index is 1020. The molecule has 148 valence electrons. The summed E-state index contributed by atoms with van der Waals surface area (Å²) in [7, 11) is 0. The van der Waals surface area contributed by atoms with Gasteiger partial charge in [-0.05, 0) is 48.9 Å². The van der Waals surface area contributed by atoms with E-state index in [1.165, 1.54) is 12.3 Å². The number of nitro benzene ring substituents is 1. The highest BCUT2D eigenvalue weighted by Gasteiger charge is 2.16. The van der Waals surface area contributed by atoms with Gasteiger partial charge in [-0.15, -0.1) is 0 Å². The molecule has 2 aromatic carbocycles. The topological polar surface area (TPSA) is 107 Å². The normalized spacial score (nSPS) is 10.8. The number of nitrogens with zero attached hydrogens (tertiary/aromatic N) is 2. The molecular formula is C21H19N3O5. The molecule has 29 heavy (non-hydrogen) atoms. The molecule has 0 radical (unpaired) electrons. The van der Waals surface area contributed by atoms with E-state index in [-0.39, 0.29) is 11.6 Å². The van der Waals surface area contributed by atoms with Crippen molar-refractivity contribution in [1.29, 1.82) is 0 Å². The lowest BCUT2D eigenvalue weighted by Crippen LogP contribution is -2.17. The Kier molecular flexibility index (Phi) is 6.36. The monoisotopic (exact) mass is 393 g/mol. The molecule has 0 bridgehead atoms. The van der Waals surface area contributed by atoms with E-state index in [4.69, 9.17) is 9.15 Å². The Labute approximate surface area is 167 Å². The number of rotatable bonds is 8. The van der Waals surface area contributed by atoms with E-state index in [1.807, 2.05) is 6.92 Å². The molecule has 0 aliphatic rings. The maximum Gasteiger partial charge on any atom is 0.280 e. The first-order chi connectivity index (χ1) is 14.1. The van der Waals surface area contributed by atoms with Crippen LogP contribution < -0.4 is 10.2 Å². The summed E-state index contributed by atoms with van der Waals surface area (Å²) in [6, 6.07) is 16.3. The van der Waals surface area contributed by atoms with Gasteiger partial charge in [0.15, 0.2) is 0 Å². The summed E-state index contributed by atoms with van der Waals surface area (Å²) in [5, 5.41) is 15.0. The Morgan fingerprint density at radius 2 is 1.93 bits per heavy atom. The van der Waals surface area contributed by atoms with Crippen molar-refractivity contribution in [2.45, 2.75) is 13.3 Å². The quantitative estimate of drug-likeness (QED) is 0.347. The number of ether oxygens (including phenoxy) is 1. The first kappa shape index (κ1) is 19.8. The lowest BCUT2D eigenvalue weighted by Gasteiger charge is -2.05. The lowest BCUT2D eigenvalue weighted by atomic mass is 10.1. The molecule has 0 saturated carbocycles. The van der Waals surface area contributed by atoms with Gasteiger partial charge in [-0.1, -0.05) is 19.1 Å². The molecule has 0 unspecified atom stereocenters. The number of carbonyl (C=O) groups excluding carboxylic acids is 1. The van der Waals surface area contributed by atoms with Crippen molar-refractivity contribution < 1.29 is 18.9 Å². The number of nitro groups is 1. The Morgan fingerprint density at radius 3 is 2.66 bits per heavy atom. The van der Waals surface area contributed by atoms with Gasteiger partial charge in [0.25, 0.3) is 11.6 Å². The van der Waals surface area contributed by atoms with E-state index in [9.17, 15) is 14.9 Å². The number of furan rings is 1. The smallest absolute Gasteiger partial charge is 0.280 e. The van der Waals surface area contributed by atoms with E-state index in [0.717, 1.165) is 6.42 Å². The van der Waals surface area contributed by atoms with E-state index in [1.54, 1.807) is 54.6 Å². The van der Waals surface area contributed by atoms with Crippen molar-refractivity contribution in [3.05, 3.63) is 82.1 Å². The van der Waals surface area contributed by atoms with Crippen LogP contribution in [0.2, 0.25) is 0 Å². The second-order valence-electron chi connectivity index (χ2n) is 6.05. The van der Waals surface area contributed by atoms with Crippen LogP contribution >= 0.6 is 0 Å². The molecule has 1 heterocycles. The van der Waals surface area contributed by atoms with Crippen molar-refractivity contribution in [1.82, 2.24) is 5.43 Å². The van der Waals surface area contributed by atoms with E-state index >= 15 is 0 Å². The zero-order valence-electron chi connectivity index (χ0n) is 15.7. The number of carbonyl (C=O) groups is 1. The van der Waals surface area contributed by atoms with Crippen LogP contribution in [0.5, 0.6) is 5.75 Å².